The molecule has 3 heteroatoms. The smallest absolute Gasteiger partial charge is 0.0558 e. The van der Waals surface area contributed by atoms with Gasteiger partial charge < -0.3 is 5.11 Å². The summed E-state index contributed by atoms with van der Waals surface area (Å²) in [5.41, 5.74) is 2.55. The Bertz CT molecular complexity index is 436. The molecule has 90 valence electrons. The van der Waals surface area contributed by atoms with Crippen molar-refractivity contribution in [3.05, 3.63) is 47.3 Å². The zero-order valence-electron chi connectivity index (χ0n) is 9.97. The summed E-state index contributed by atoms with van der Waals surface area (Å²) < 4.78 is 0. The van der Waals surface area contributed by atoms with Crippen molar-refractivity contribution < 1.29 is 5.11 Å². The molecule has 0 fully saturated rings. The van der Waals surface area contributed by atoms with E-state index in [1.165, 1.54) is 16.0 Å². The van der Waals surface area contributed by atoms with E-state index < -0.39 is 0 Å². The molecule has 0 saturated carbocycles. The minimum Gasteiger partial charge on any atom is -0.395 e. The number of hydrogen-bond donors (Lipinski definition) is 1. The Kier molecular flexibility index (Phi) is 4.31. The minimum absolute atomic E-state index is 0.212. The van der Waals surface area contributed by atoms with Gasteiger partial charge in [0.25, 0.3) is 0 Å². The maximum absolute atomic E-state index is 8.84. The first-order valence-corrected chi connectivity index (χ1v) is 6.60. The van der Waals surface area contributed by atoms with Crippen molar-refractivity contribution in [2.45, 2.75) is 6.54 Å². The zero-order chi connectivity index (χ0) is 12.1. The highest BCUT2D eigenvalue weighted by Crippen LogP contribution is 2.24. The molecular weight excluding hydrogens is 230 g/mol. The predicted molar refractivity (Wildman–Crippen MR) is 73.2 cm³/mol. The normalized spacial score (nSPS) is 11.0. The van der Waals surface area contributed by atoms with Crippen molar-refractivity contribution in [2.24, 2.45) is 0 Å². The average Bonchev–Trinajstić information content (AvgIpc) is 2.84. The summed E-state index contributed by atoms with van der Waals surface area (Å²) >= 11 is 1.76. The second kappa shape index (κ2) is 5.96. The van der Waals surface area contributed by atoms with Gasteiger partial charge in [0, 0.05) is 18.0 Å². The lowest BCUT2D eigenvalue weighted by Crippen LogP contribution is -2.21. The maximum atomic E-state index is 8.84. The summed E-state index contributed by atoms with van der Waals surface area (Å²) in [6.07, 6.45) is 0. The van der Waals surface area contributed by atoms with Crippen LogP contribution < -0.4 is 0 Å². The van der Waals surface area contributed by atoms with E-state index in [4.69, 9.17) is 5.11 Å². The Morgan fingerprint density at radius 2 is 1.94 bits per heavy atom. The molecule has 0 saturated heterocycles. The summed E-state index contributed by atoms with van der Waals surface area (Å²) in [5.74, 6) is 0. The highest BCUT2D eigenvalue weighted by Gasteiger charge is 2.01. The zero-order valence-corrected chi connectivity index (χ0v) is 10.8. The fraction of sp³-hybridized carbons (Fsp3) is 0.286. The molecule has 0 aliphatic rings. The number of aliphatic hydroxyl groups is 1. The second-order valence-electron chi connectivity index (χ2n) is 4.14. The molecule has 0 unspecified atom stereocenters. The van der Waals surface area contributed by atoms with E-state index in [9.17, 15) is 0 Å². The maximum Gasteiger partial charge on any atom is 0.0558 e. The Morgan fingerprint density at radius 1 is 1.18 bits per heavy atom. The van der Waals surface area contributed by atoms with E-state index in [1.807, 2.05) is 7.05 Å². The van der Waals surface area contributed by atoms with Crippen LogP contribution in [0.5, 0.6) is 0 Å². The van der Waals surface area contributed by atoms with Crippen molar-refractivity contribution in [1.29, 1.82) is 0 Å². The van der Waals surface area contributed by atoms with Gasteiger partial charge in [-0.15, -0.1) is 11.3 Å². The van der Waals surface area contributed by atoms with Gasteiger partial charge in [0.1, 0.15) is 0 Å². The minimum atomic E-state index is 0.212. The molecule has 1 aromatic carbocycles. The Morgan fingerprint density at radius 3 is 2.53 bits per heavy atom. The third-order valence-corrected chi connectivity index (χ3v) is 3.61. The highest BCUT2D eigenvalue weighted by molar-refractivity contribution is 7.13. The van der Waals surface area contributed by atoms with Crippen LogP contribution in [-0.2, 0) is 6.54 Å². The van der Waals surface area contributed by atoms with Crippen LogP contribution in [0.15, 0.2) is 41.8 Å². The lowest BCUT2D eigenvalue weighted by atomic mass is 10.1. The molecule has 0 bridgehead atoms. The van der Waals surface area contributed by atoms with Crippen molar-refractivity contribution in [3.63, 3.8) is 0 Å². The van der Waals surface area contributed by atoms with Gasteiger partial charge in [0.15, 0.2) is 0 Å². The molecule has 1 aromatic heterocycles. The molecule has 0 amide bonds. The van der Waals surface area contributed by atoms with E-state index in [2.05, 4.69) is 46.7 Å². The van der Waals surface area contributed by atoms with Gasteiger partial charge >= 0.3 is 0 Å². The topological polar surface area (TPSA) is 23.5 Å². The number of hydrogen-bond acceptors (Lipinski definition) is 3. The SMILES string of the molecule is CN(CCO)Cc1ccc(-c2cccs2)cc1. The van der Waals surface area contributed by atoms with Crippen molar-refractivity contribution in [1.82, 2.24) is 4.90 Å². The third kappa shape index (κ3) is 3.40. The van der Waals surface area contributed by atoms with Crippen LogP contribution in [0, 0.1) is 0 Å². The Hall–Kier alpha value is -1.16. The second-order valence-corrected chi connectivity index (χ2v) is 5.08. The molecule has 2 aromatic rings. The molecule has 1 heterocycles. The van der Waals surface area contributed by atoms with E-state index in [1.54, 1.807) is 11.3 Å². The molecule has 0 radical (unpaired) electrons. The standard InChI is InChI=1S/C14H17NOS/c1-15(8-9-16)11-12-4-6-13(7-5-12)14-3-2-10-17-14/h2-7,10,16H,8-9,11H2,1H3. The lowest BCUT2D eigenvalue weighted by Gasteiger charge is -2.15. The van der Waals surface area contributed by atoms with E-state index in [-0.39, 0.29) is 6.61 Å². The van der Waals surface area contributed by atoms with E-state index in [0.717, 1.165) is 6.54 Å². The van der Waals surface area contributed by atoms with Gasteiger partial charge in [-0.1, -0.05) is 30.3 Å². The molecule has 0 aliphatic heterocycles. The summed E-state index contributed by atoms with van der Waals surface area (Å²) in [5, 5.41) is 10.9. The summed E-state index contributed by atoms with van der Waals surface area (Å²) in [4.78, 5) is 3.42. The van der Waals surface area contributed by atoms with Gasteiger partial charge in [0.2, 0.25) is 0 Å². The van der Waals surface area contributed by atoms with Crippen LogP contribution in [0.3, 0.4) is 0 Å². The third-order valence-electron chi connectivity index (χ3n) is 2.69. The first-order valence-electron chi connectivity index (χ1n) is 5.72. The average molecular weight is 247 g/mol. The monoisotopic (exact) mass is 247 g/mol. The fourth-order valence-corrected chi connectivity index (χ4v) is 2.51. The van der Waals surface area contributed by atoms with Crippen molar-refractivity contribution in [2.75, 3.05) is 20.2 Å². The Labute approximate surface area is 106 Å². The van der Waals surface area contributed by atoms with Crippen LogP contribution in [0.25, 0.3) is 10.4 Å². The number of thiophene rings is 1. The molecule has 0 aliphatic carbocycles. The predicted octanol–water partition coefficient (Wildman–Crippen LogP) is 2.84. The van der Waals surface area contributed by atoms with Gasteiger partial charge in [-0.3, -0.25) is 4.90 Å². The molecule has 17 heavy (non-hydrogen) atoms. The highest BCUT2D eigenvalue weighted by atomic mass is 32.1. The van der Waals surface area contributed by atoms with Crippen LogP contribution in [0.2, 0.25) is 0 Å². The van der Waals surface area contributed by atoms with Crippen LogP contribution >= 0.6 is 11.3 Å². The molecule has 1 N–H and O–H groups in total. The Balaban J connectivity index is 2.03. The molecular formula is C14H17NOS. The first-order chi connectivity index (χ1) is 8.29. The lowest BCUT2D eigenvalue weighted by molar-refractivity contribution is 0.217. The van der Waals surface area contributed by atoms with Gasteiger partial charge in [-0.05, 0) is 29.6 Å². The fourth-order valence-electron chi connectivity index (χ4n) is 1.78. The number of rotatable bonds is 5. The first kappa shape index (κ1) is 12.3. The number of benzene rings is 1. The van der Waals surface area contributed by atoms with Gasteiger partial charge in [-0.2, -0.15) is 0 Å². The quantitative estimate of drug-likeness (QED) is 0.878. The summed E-state index contributed by atoms with van der Waals surface area (Å²) in [6, 6.07) is 12.8. The van der Waals surface area contributed by atoms with E-state index >= 15 is 0 Å². The van der Waals surface area contributed by atoms with Crippen LogP contribution in [-0.4, -0.2) is 30.2 Å². The number of likely N-dealkylation sites (N-methyl/N-ethyl adjacent to an activating group) is 1. The van der Waals surface area contributed by atoms with Crippen molar-refractivity contribution >= 4 is 11.3 Å². The number of aliphatic hydroxyl groups excluding tert-OH is 1. The number of nitrogens with zero attached hydrogens (tertiary/aromatic N) is 1. The summed E-state index contributed by atoms with van der Waals surface area (Å²) in [7, 11) is 2.02. The molecule has 0 spiro atoms. The van der Waals surface area contributed by atoms with Gasteiger partial charge in [0.05, 0.1) is 6.61 Å². The van der Waals surface area contributed by atoms with E-state index in [0.29, 0.717) is 6.54 Å². The molecule has 0 atom stereocenters. The molecule has 2 nitrogen and oxygen atoms in total. The van der Waals surface area contributed by atoms with Crippen LogP contribution in [0.1, 0.15) is 5.56 Å². The van der Waals surface area contributed by atoms with Crippen LogP contribution in [0.4, 0.5) is 0 Å². The summed E-state index contributed by atoms with van der Waals surface area (Å²) in [6.45, 7) is 1.81. The van der Waals surface area contributed by atoms with Gasteiger partial charge in [-0.25, -0.2) is 0 Å². The van der Waals surface area contributed by atoms with Crippen molar-refractivity contribution in [3.8, 4) is 10.4 Å². The molecule has 2 rings (SSSR count). The largest absolute Gasteiger partial charge is 0.395 e.